The van der Waals surface area contributed by atoms with Gasteiger partial charge in [0.2, 0.25) is 11.9 Å². The number of aliphatic imine (C=N–C) groups is 1. The molecule has 0 bridgehead atoms. The molecule has 2 aromatic rings. The average Bonchev–Trinajstić information content (AvgIpc) is 2.88. The van der Waals surface area contributed by atoms with Gasteiger partial charge in [0.15, 0.2) is 5.96 Å². The normalized spacial score (nSPS) is 17.5. The molecule has 0 atom stereocenters. The van der Waals surface area contributed by atoms with Gasteiger partial charge < -0.3 is 24.9 Å². The third kappa shape index (κ3) is 5.43. The monoisotopic (exact) mass is 437 g/mol. The van der Waals surface area contributed by atoms with E-state index in [4.69, 9.17) is 0 Å². The molecule has 32 heavy (non-hydrogen) atoms. The third-order valence-electron chi connectivity index (χ3n) is 5.85. The van der Waals surface area contributed by atoms with Gasteiger partial charge in [0.05, 0.1) is 0 Å². The second kappa shape index (κ2) is 10.7. The van der Waals surface area contributed by atoms with E-state index in [1.165, 1.54) is 0 Å². The van der Waals surface area contributed by atoms with Crippen LogP contribution in [0.2, 0.25) is 0 Å². The minimum atomic E-state index is 0.168. The Morgan fingerprint density at radius 2 is 1.53 bits per heavy atom. The molecule has 0 saturated carbocycles. The molecule has 1 N–H and O–H groups in total. The molecule has 170 valence electrons. The molecule has 2 fully saturated rings. The third-order valence-corrected chi connectivity index (χ3v) is 5.85. The first kappa shape index (κ1) is 21.8. The first-order chi connectivity index (χ1) is 15.7. The highest BCUT2D eigenvalue weighted by molar-refractivity contribution is 5.81. The van der Waals surface area contributed by atoms with E-state index < -0.39 is 0 Å². The summed E-state index contributed by atoms with van der Waals surface area (Å²) in [7, 11) is 1.79. The summed E-state index contributed by atoms with van der Waals surface area (Å²) in [4.78, 5) is 38.7. The van der Waals surface area contributed by atoms with Crippen LogP contribution in [0.4, 0.5) is 11.8 Å². The molecule has 0 radical (unpaired) electrons. The first-order valence-corrected chi connectivity index (χ1v) is 11.2. The lowest BCUT2D eigenvalue weighted by Gasteiger charge is -2.37. The highest BCUT2D eigenvalue weighted by Crippen LogP contribution is 2.13. The Morgan fingerprint density at radius 1 is 0.875 bits per heavy atom. The number of piperazine rings is 2. The van der Waals surface area contributed by atoms with Crippen LogP contribution in [0.25, 0.3) is 0 Å². The summed E-state index contributed by atoms with van der Waals surface area (Å²) in [6.45, 7) is 7.01. The van der Waals surface area contributed by atoms with Crippen LogP contribution in [-0.2, 0) is 4.79 Å². The number of hydrogen-bond donors (Lipinski definition) is 1. The minimum Gasteiger partial charge on any atom is -0.356 e. The van der Waals surface area contributed by atoms with Gasteiger partial charge in [-0.25, -0.2) is 15.0 Å². The molecule has 0 aromatic carbocycles. The molecular weight excluding hydrogens is 406 g/mol. The molecular formula is C22H31N9O. The molecule has 4 rings (SSSR count). The van der Waals surface area contributed by atoms with Gasteiger partial charge >= 0.3 is 0 Å². The summed E-state index contributed by atoms with van der Waals surface area (Å²) in [5, 5.41) is 3.36. The maximum absolute atomic E-state index is 12.7. The predicted molar refractivity (Wildman–Crippen MR) is 125 cm³/mol. The standard InChI is InChI=1S/C22H31N9O/c1-23-21(30-15-11-28(12-16-30)19-5-2-3-7-24-19)27-10-6-20(32)29-13-17-31(18-14-29)22-25-8-4-9-26-22/h2-5,7-9H,6,10-18H2,1H3,(H,23,27). The second-order valence-corrected chi connectivity index (χ2v) is 7.80. The van der Waals surface area contributed by atoms with E-state index >= 15 is 0 Å². The molecule has 2 aromatic heterocycles. The van der Waals surface area contributed by atoms with Crippen LogP contribution < -0.4 is 15.1 Å². The van der Waals surface area contributed by atoms with Crippen molar-refractivity contribution in [2.24, 2.45) is 4.99 Å². The highest BCUT2D eigenvalue weighted by atomic mass is 16.2. The topological polar surface area (TPSA) is 93.1 Å². The minimum absolute atomic E-state index is 0.168. The average molecular weight is 438 g/mol. The SMILES string of the molecule is CN=C(NCCC(=O)N1CCN(c2ncccn2)CC1)N1CCN(c2ccccn2)CC1. The lowest BCUT2D eigenvalue weighted by atomic mass is 10.2. The van der Waals surface area contributed by atoms with Crippen LogP contribution in [-0.4, -0.2) is 103 Å². The molecule has 2 aliphatic rings. The molecule has 2 saturated heterocycles. The van der Waals surface area contributed by atoms with Crippen molar-refractivity contribution in [2.45, 2.75) is 6.42 Å². The number of nitrogens with one attached hydrogen (secondary N) is 1. The Hall–Kier alpha value is -3.43. The predicted octanol–water partition coefficient (Wildman–Crippen LogP) is 0.308. The van der Waals surface area contributed by atoms with Crippen LogP contribution >= 0.6 is 0 Å². The van der Waals surface area contributed by atoms with Gasteiger partial charge in [0.1, 0.15) is 5.82 Å². The number of aromatic nitrogens is 3. The Morgan fingerprint density at radius 3 is 2.19 bits per heavy atom. The molecule has 10 heteroatoms. The number of pyridine rings is 1. The van der Waals surface area contributed by atoms with Crippen LogP contribution in [0.1, 0.15) is 6.42 Å². The number of hydrogen-bond acceptors (Lipinski definition) is 7. The zero-order chi connectivity index (χ0) is 22.2. The van der Waals surface area contributed by atoms with Gasteiger partial charge in [-0.2, -0.15) is 0 Å². The van der Waals surface area contributed by atoms with E-state index in [0.29, 0.717) is 26.1 Å². The number of guanidine groups is 1. The van der Waals surface area contributed by atoms with Gasteiger partial charge in [0.25, 0.3) is 0 Å². The zero-order valence-electron chi connectivity index (χ0n) is 18.6. The van der Waals surface area contributed by atoms with Gasteiger partial charge in [-0.1, -0.05) is 6.07 Å². The summed E-state index contributed by atoms with van der Waals surface area (Å²) in [6.07, 6.45) is 5.77. The van der Waals surface area contributed by atoms with Crippen molar-refractivity contribution >= 4 is 23.6 Å². The van der Waals surface area contributed by atoms with Crippen molar-refractivity contribution in [2.75, 3.05) is 75.8 Å². The molecule has 4 heterocycles. The van der Waals surface area contributed by atoms with Gasteiger partial charge in [-0.3, -0.25) is 9.79 Å². The maximum atomic E-state index is 12.7. The first-order valence-electron chi connectivity index (χ1n) is 11.2. The summed E-state index contributed by atoms with van der Waals surface area (Å²) in [5.74, 6) is 2.76. The van der Waals surface area contributed by atoms with Crippen LogP contribution in [0, 0.1) is 0 Å². The Balaban J connectivity index is 1.17. The van der Waals surface area contributed by atoms with Gasteiger partial charge in [-0.05, 0) is 18.2 Å². The number of carbonyl (C=O) groups excluding carboxylic acids is 1. The fourth-order valence-corrected chi connectivity index (χ4v) is 4.07. The van der Waals surface area contributed by atoms with E-state index in [9.17, 15) is 4.79 Å². The van der Waals surface area contributed by atoms with Crippen LogP contribution in [0.15, 0.2) is 47.8 Å². The number of anilines is 2. The Bertz CT molecular complexity index is 877. The molecule has 0 aliphatic carbocycles. The summed E-state index contributed by atoms with van der Waals surface area (Å²) >= 11 is 0. The number of amides is 1. The summed E-state index contributed by atoms with van der Waals surface area (Å²) in [5.41, 5.74) is 0. The van der Waals surface area contributed by atoms with Crippen molar-refractivity contribution in [3.8, 4) is 0 Å². The number of carbonyl (C=O) groups is 1. The lowest BCUT2D eigenvalue weighted by molar-refractivity contribution is -0.131. The Labute approximate surface area is 189 Å². The fraction of sp³-hybridized carbons (Fsp3) is 0.500. The molecule has 1 amide bonds. The van der Waals surface area contributed by atoms with E-state index in [-0.39, 0.29) is 5.91 Å². The van der Waals surface area contributed by atoms with E-state index in [2.05, 4.69) is 40.0 Å². The summed E-state index contributed by atoms with van der Waals surface area (Å²) < 4.78 is 0. The zero-order valence-corrected chi connectivity index (χ0v) is 18.6. The summed E-state index contributed by atoms with van der Waals surface area (Å²) in [6, 6.07) is 7.80. The van der Waals surface area contributed by atoms with Crippen LogP contribution in [0.5, 0.6) is 0 Å². The van der Waals surface area contributed by atoms with E-state index in [1.807, 2.05) is 35.4 Å². The molecule has 10 nitrogen and oxygen atoms in total. The van der Waals surface area contributed by atoms with Crippen LogP contribution in [0.3, 0.4) is 0 Å². The van der Waals surface area contributed by atoms with E-state index in [1.54, 1.807) is 19.4 Å². The molecule has 0 spiro atoms. The van der Waals surface area contributed by atoms with Gasteiger partial charge in [-0.15, -0.1) is 0 Å². The van der Waals surface area contributed by atoms with Crippen molar-refractivity contribution < 1.29 is 4.79 Å². The van der Waals surface area contributed by atoms with Crippen molar-refractivity contribution in [1.29, 1.82) is 0 Å². The van der Waals surface area contributed by atoms with Crippen molar-refractivity contribution in [3.05, 3.63) is 42.9 Å². The second-order valence-electron chi connectivity index (χ2n) is 7.80. The largest absolute Gasteiger partial charge is 0.356 e. The number of rotatable bonds is 5. The maximum Gasteiger partial charge on any atom is 0.225 e. The van der Waals surface area contributed by atoms with Crippen molar-refractivity contribution in [1.82, 2.24) is 30.1 Å². The van der Waals surface area contributed by atoms with E-state index in [0.717, 1.165) is 57.0 Å². The van der Waals surface area contributed by atoms with Gasteiger partial charge in [0, 0.05) is 91.0 Å². The fourth-order valence-electron chi connectivity index (χ4n) is 4.07. The number of nitrogens with zero attached hydrogens (tertiary/aromatic N) is 8. The lowest BCUT2D eigenvalue weighted by Crippen LogP contribution is -2.53. The Kier molecular flexibility index (Phi) is 7.31. The highest BCUT2D eigenvalue weighted by Gasteiger charge is 2.23. The molecule has 0 unspecified atom stereocenters. The quantitative estimate of drug-likeness (QED) is 0.528. The van der Waals surface area contributed by atoms with Crippen molar-refractivity contribution in [3.63, 3.8) is 0 Å². The molecule has 2 aliphatic heterocycles. The smallest absolute Gasteiger partial charge is 0.225 e.